The number of imidazole rings is 1. The first-order chi connectivity index (χ1) is 11.5. The van der Waals surface area contributed by atoms with E-state index in [9.17, 15) is 9.90 Å². The fourth-order valence-corrected chi connectivity index (χ4v) is 2.62. The number of hydrogen-bond donors (Lipinski definition) is 4. The van der Waals surface area contributed by atoms with Gasteiger partial charge in [-0.25, -0.2) is 14.8 Å². The fourth-order valence-electron chi connectivity index (χ4n) is 2.62. The van der Waals surface area contributed by atoms with Crippen LogP contribution in [0.15, 0.2) is 4.79 Å². The lowest BCUT2D eigenvalue weighted by Crippen LogP contribution is -2.36. The van der Waals surface area contributed by atoms with E-state index in [1.54, 1.807) is 13.8 Å². The number of nitrogens with one attached hydrogen (secondary N) is 2. The van der Waals surface area contributed by atoms with Gasteiger partial charge in [0.15, 0.2) is 11.5 Å². The zero-order chi connectivity index (χ0) is 18.8. The summed E-state index contributed by atoms with van der Waals surface area (Å²) in [5, 5.41) is 13.5. The van der Waals surface area contributed by atoms with E-state index in [0.29, 0.717) is 23.4 Å². The zero-order valence-electron chi connectivity index (χ0n) is 15.8. The molecule has 0 spiro atoms. The summed E-state index contributed by atoms with van der Waals surface area (Å²) in [6.45, 7) is 10.8. The molecule has 0 aliphatic heterocycles. The van der Waals surface area contributed by atoms with Crippen LogP contribution in [0, 0.1) is 0 Å². The molecule has 2 aromatic heterocycles. The largest absolute Gasteiger partial charge is 0.389 e. The Labute approximate surface area is 147 Å². The summed E-state index contributed by atoms with van der Waals surface area (Å²) in [7, 11) is 0. The van der Waals surface area contributed by atoms with Crippen LogP contribution in [-0.4, -0.2) is 42.3 Å². The van der Waals surface area contributed by atoms with Crippen molar-refractivity contribution in [2.75, 3.05) is 12.3 Å². The third kappa shape index (κ3) is 5.54. The van der Waals surface area contributed by atoms with Gasteiger partial charge in [0.1, 0.15) is 11.3 Å². The van der Waals surface area contributed by atoms with Crippen LogP contribution in [0.3, 0.4) is 0 Å². The molecule has 0 radical (unpaired) electrons. The van der Waals surface area contributed by atoms with Gasteiger partial charge in [-0.1, -0.05) is 0 Å². The summed E-state index contributed by atoms with van der Waals surface area (Å²) in [5.74, 6) is 0.878. The molecule has 25 heavy (non-hydrogen) atoms. The second-order valence-corrected chi connectivity index (χ2v) is 8.19. The van der Waals surface area contributed by atoms with Crippen molar-refractivity contribution in [1.29, 1.82) is 0 Å². The second-order valence-electron chi connectivity index (χ2n) is 8.19. The van der Waals surface area contributed by atoms with E-state index in [4.69, 9.17) is 5.73 Å². The number of aromatic nitrogens is 4. The minimum absolute atomic E-state index is 0.109. The zero-order valence-corrected chi connectivity index (χ0v) is 15.8. The van der Waals surface area contributed by atoms with Crippen molar-refractivity contribution in [1.82, 2.24) is 24.8 Å². The van der Waals surface area contributed by atoms with Gasteiger partial charge < -0.3 is 21.1 Å². The topological polar surface area (TPSA) is 122 Å². The molecular weight excluding hydrogens is 320 g/mol. The number of anilines is 1. The van der Waals surface area contributed by atoms with Crippen LogP contribution in [0.25, 0.3) is 11.2 Å². The van der Waals surface area contributed by atoms with Crippen LogP contribution in [0.1, 0.15) is 53.3 Å². The Kier molecular flexibility index (Phi) is 5.53. The minimum atomic E-state index is -1.03. The first kappa shape index (κ1) is 19.4. The van der Waals surface area contributed by atoms with Gasteiger partial charge >= 0.3 is 5.69 Å². The Morgan fingerprint density at radius 2 is 1.88 bits per heavy atom. The number of unbranched alkanes of at least 4 members (excludes halogenated alkanes) is 1. The lowest BCUT2D eigenvalue weighted by Gasteiger charge is -2.20. The van der Waals surface area contributed by atoms with E-state index in [-0.39, 0.29) is 23.6 Å². The molecule has 0 amide bonds. The van der Waals surface area contributed by atoms with Crippen LogP contribution in [0.2, 0.25) is 0 Å². The molecule has 0 aliphatic rings. The molecule has 2 aromatic rings. The highest BCUT2D eigenvalue weighted by Crippen LogP contribution is 2.17. The molecule has 0 bridgehead atoms. The highest BCUT2D eigenvalue weighted by molar-refractivity contribution is 5.81. The molecule has 0 saturated heterocycles. The number of fused-ring (bicyclic) bond motifs is 1. The van der Waals surface area contributed by atoms with Gasteiger partial charge in [-0.2, -0.15) is 0 Å². The summed E-state index contributed by atoms with van der Waals surface area (Å²) in [4.78, 5) is 23.6. The second kappa shape index (κ2) is 7.13. The Balaban J connectivity index is 2.14. The number of nitrogen functional groups attached to an aromatic ring is 1. The molecule has 2 heterocycles. The van der Waals surface area contributed by atoms with Crippen LogP contribution in [-0.2, 0) is 13.0 Å². The SMILES string of the molecule is CC(C)(O)Cn1c(=O)[nH]c2c(N)nc(CCCCNC(C)(C)C)nc21. The Bertz CT molecular complexity index is 779. The number of H-pyrrole nitrogens is 1. The van der Waals surface area contributed by atoms with E-state index >= 15 is 0 Å². The maximum atomic E-state index is 12.1. The van der Waals surface area contributed by atoms with E-state index in [1.165, 1.54) is 4.57 Å². The van der Waals surface area contributed by atoms with Gasteiger partial charge in [-0.15, -0.1) is 0 Å². The predicted molar refractivity (Wildman–Crippen MR) is 99.6 cm³/mol. The Hall–Kier alpha value is -1.93. The number of hydrogen-bond acceptors (Lipinski definition) is 6. The van der Waals surface area contributed by atoms with Gasteiger partial charge in [0.25, 0.3) is 0 Å². The van der Waals surface area contributed by atoms with Crippen LogP contribution in [0.5, 0.6) is 0 Å². The highest BCUT2D eigenvalue weighted by Gasteiger charge is 2.20. The maximum absolute atomic E-state index is 12.1. The number of nitrogens with zero attached hydrogens (tertiary/aromatic N) is 3. The lowest BCUT2D eigenvalue weighted by atomic mass is 10.1. The van der Waals surface area contributed by atoms with Crippen molar-refractivity contribution in [3.05, 3.63) is 16.3 Å². The van der Waals surface area contributed by atoms with Crippen LogP contribution < -0.4 is 16.7 Å². The third-order valence-corrected chi connectivity index (χ3v) is 3.72. The van der Waals surface area contributed by atoms with Gasteiger partial charge in [0, 0.05) is 12.0 Å². The molecule has 0 aromatic carbocycles. The summed E-state index contributed by atoms with van der Waals surface area (Å²) in [6.07, 6.45) is 2.62. The summed E-state index contributed by atoms with van der Waals surface area (Å²) < 4.78 is 1.41. The number of rotatable bonds is 7. The van der Waals surface area contributed by atoms with Gasteiger partial charge in [-0.3, -0.25) is 4.57 Å². The maximum Gasteiger partial charge on any atom is 0.327 e. The lowest BCUT2D eigenvalue weighted by molar-refractivity contribution is 0.0616. The molecule has 140 valence electrons. The molecule has 0 saturated carbocycles. The first-order valence-corrected chi connectivity index (χ1v) is 8.68. The van der Waals surface area contributed by atoms with Gasteiger partial charge in [0.05, 0.1) is 12.1 Å². The van der Waals surface area contributed by atoms with Crippen molar-refractivity contribution in [2.24, 2.45) is 0 Å². The molecule has 2 rings (SSSR count). The number of aromatic amines is 1. The van der Waals surface area contributed by atoms with Crippen LogP contribution >= 0.6 is 0 Å². The Morgan fingerprint density at radius 3 is 2.48 bits per heavy atom. The average molecular weight is 350 g/mol. The monoisotopic (exact) mass is 350 g/mol. The highest BCUT2D eigenvalue weighted by atomic mass is 16.3. The smallest absolute Gasteiger partial charge is 0.327 e. The molecule has 0 fully saturated rings. The normalized spacial score (nSPS) is 12.9. The Morgan fingerprint density at radius 1 is 1.20 bits per heavy atom. The van der Waals surface area contributed by atoms with E-state index in [0.717, 1.165) is 19.4 Å². The predicted octanol–water partition coefficient (Wildman–Crippen LogP) is 1.18. The van der Waals surface area contributed by atoms with E-state index in [1.807, 2.05) is 0 Å². The molecule has 5 N–H and O–H groups in total. The van der Waals surface area contributed by atoms with Crippen molar-refractivity contribution in [3.8, 4) is 0 Å². The summed E-state index contributed by atoms with van der Waals surface area (Å²) in [5.41, 5.74) is 5.59. The number of aliphatic hydroxyl groups is 1. The summed E-state index contributed by atoms with van der Waals surface area (Å²) >= 11 is 0. The quantitative estimate of drug-likeness (QED) is 0.556. The minimum Gasteiger partial charge on any atom is -0.389 e. The van der Waals surface area contributed by atoms with Crippen molar-refractivity contribution in [3.63, 3.8) is 0 Å². The van der Waals surface area contributed by atoms with Crippen molar-refractivity contribution in [2.45, 2.75) is 71.6 Å². The first-order valence-electron chi connectivity index (χ1n) is 8.68. The molecule has 8 nitrogen and oxygen atoms in total. The summed E-state index contributed by atoms with van der Waals surface area (Å²) in [6, 6.07) is 0. The van der Waals surface area contributed by atoms with E-state index in [2.05, 4.69) is 41.0 Å². The standard InChI is InChI=1S/C17H30N6O2/c1-16(2,3)19-9-7-6-8-11-20-13(18)12-14(21-11)23(15(24)22-12)10-17(4,5)25/h19,25H,6-10H2,1-5H3,(H,22,24)(H2,18,20,21). The fraction of sp³-hybridized carbons (Fsp3) is 0.706. The number of aryl methyl sites for hydroxylation is 1. The molecule has 0 unspecified atom stereocenters. The number of nitrogens with two attached hydrogens (primary N) is 1. The third-order valence-electron chi connectivity index (χ3n) is 3.72. The average Bonchev–Trinajstić information content (AvgIpc) is 2.73. The molecule has 0 atom stereocenters. The van der Waals surface area contributed by atoms with Gasteiger partial charge in [-0.05, 0) is 54.0 Å². The van der Waals surface area contributed by atoms with Crippen LogP contribution in [0.4, 0.5) is 5.82 Å². The van der Waals surface area contributed by atoms with Gasteiger partial charge in [0.2, 0.25) is 0 Å². The molecule has 0 aliphatic carbocycles. The van der Waals surface area contributed by atoms with E-state index < -0.39 is 5.60 Å². The van der Waals surface area contributed by atoms with Crippen molar-refractivity contribution >= 4 is 17.0 Å². The molecular formula is C17H30N6O2. The van der Waals surface area contributed by atoms with Crippen molar-refractivity contribution < 1.29 is 5.11 Å². The molecule has 8 heteroatoms.